The summed E-state index contributed by atoms with van der Waals surface area (Å²) in [6, 6.07) is 11.6. The number of aromatic nitrogens is 3. The van der Waals surface area contributed by atoms with E-state index in [1.165, 1.54) is 18.2 Å². The van der Waals surface area contributed by atoms with Crippen molar-refractivity contribution in [2.75, 3.05) is 0 Å². The van der Waals surface area contributed by atoms with Crippen molar-refractivity contribution in [1.82, 2.24) is 15.2 Å². The topological polar surface area (TPSA) is 60.0 Å². The summed E-state index contributed by atoms with van der Waals surface area (Å²) in [6.45, 7) is -0.0935. The van der Waals surface area contributed by atoms with Gasteiger partial charge in [-0.3, -0.25) is 4.98 Å². The number of para-hydroxylation sites is 1. The molecule has 1 N–H and O–H groups in total. The minimum Gasteiger partial charge on any atom is -0.473 e. The van der Waals surface area contributed by atoms with Crippen LogP contribution < -0.4 is 9.47 Å². The van der Waals surface area contributed by atoms with E-state index >= 15 is 0 Å². The van der Waals surface area contributed by atoms with Crippen molar-refractivity contribution in [1.29, 1.82) is 0 Å². The fourth-order valence-corrected chi connectivity index (χ4v) is 3.55. The minimum atomic E-state index is -4.76. The number of benzene rings is 1. The molecule has 2 aromatic heterocycles. The first-order chi connectivity index (χ1) is 14.5. The van der Waals surface area contributed by atoms with Crippen LogP contribution in [-0.2, 0) is 6.61 Å². The number of hydrogen-bond acceptors (Lipinski definition) is 4. The van der Waals surface area contributed by atoms with E-state index in [9.17, 15) is 13.2 Å². The standard InChI is InChI=1S/C22H21F3N3O2/c23-22(24,25)30-20-9-5-4-8-17(20)14-29-21-12-19(27-28-21)16-10-11-18(26-13-16)15-6-2-1-3-7-15/h1,4-5,8-13,15H,2-3,6-7,14H2,(H,27,28). The van der Waals surface area contributed by atoms with Crippen molar-refractivity contribution in [2.24, 2.45) is 0 Å². The van der Waals surface area contributed by atoms with Gasteiger partial charge in [-0.05, 0) is 50.3 Å². The Morgan fingerprint density at radius 1 is 1.07 bits per heavy atom. The van der Waals surface area contributed by atoms with E-state index in [1.54, 1.807) is 18.3 Å². The maximum absolute atomic E-state index is 12.5. The number of pyridine rings is 1. The zero-order valence-corrected chi connectivity index (χ0v) is 16.2. The summed E-state index contributed by atoms with van der Waals surface area (Å²) in [5, 5.41) is 6.97. The molecule has 0 bridgehead atoms. The monoisotopic (exact) mass is 416 g/mol. The first kappa shape index (κ1) is 20.3. The van der Waals surface area contributed by atoms with Gasteiger partial charge in [-0.25, -0.2) is 5.10 Å². The molecular formula is C22H21F3N3O2. The Balaban J connectivity index is 1.40. The Bertz CT molecular complexity index is 964. The zero-order chi connectivity index (χ0) is 21.0. The van der Waals surface area contributed by atoms with Crippen LogP contribution in [0.5, 0.6) is 11.6 Å². The van der Waals surface area contributed by atoms with E-state index in [2.05, 4.69) is 26.3 Å². The molecule has 0 amide bonds. The average molecular weight is 416 g/mol. The number of aromatic amines is 1. The molecular weight excluding hydrogens is 395 g/mol. The minimum absolute atomic E-state index is 0.0935. The summed E-state index contributed by atoms with van der Waals surface area (Å²) < 4.78 is 47.2. The number of ether oxygens (including phenoxy) is 2. The van der Waals surface area contributed by atoms with Crippen LogP contribution in [0.2, 0.25) is 0 Å². The second-order valence-electron chi connectivity index (χ2n) is 7.17. The predicted octanol–water partition coefficient (Wildman–Crippen LogP) is 5.81. The van der Waals surface area contributed by atoms with Crippen LogP contribution >= 0.6 is 0 Å². The molecule has 0 spiro atoms. The second-order valence-corrected chi connectivity index (χ2v) is 7.17. The highest BCUT2D eigenvalue weighted by Crippen LogP contribution is 2.32. The van der Waals surface area contributed by atoms with Crippen molar-refractivity contribution in [3.05, 3.63) is 66.3 Å². The second kappa shape index (κ2) is 8.77. The van der Waals surface area contributed by atoms with Crippen molar-refractivity contribution in [2.45, 2.75) is 44.6 Å². The molecule has 0 atom stereocenters. The van der Waals surface area contributed by atoms with Crippen molar-refractivity contribution in [3.8, 4) is 22.9 Å². The van der Waals surface area contributed by atoms with Gasteiger partial charge in [0.1, 0.15) is 12.4 Å². The lowest BCUT2D eigenvalue weighted by molar-refractivity contribution is -0.275. The first-order valence-corrected chi connectivity index (χ1v) is 9.78. The van der Waals surface area contributed by atoms with Crippen LogP contribution in [0.4, 0.5) is 13.2 Å². The third-order valence-corrected chi connectivity index (χ3v) is 5.07. The van der Waals surface area contributed by atoms with E-state index in [0.29, 0.717) is 17.5 Å². The summed E-state index contributed by atoms with van der Waals surface area (Å²) in [4.78, 5) is 4.60. The molecule has 1 aliphatic rings. The van der Waals surface area contributed by atoms with E-state index in [-0.39, 0.29) is 17.9 Å². The molecule has 30 heavy (non-hydrogen) atoms. The molecule has 1 radical (unpaired) electrons. The molecule has 157 valence electrons. The van der Waals surface area contributed by atoms with Gasteiger partial charge < -0.3 is 9.47 Å². The number of nitrogens with zero attached hydrogens (tertiary/aromatic N) is 2. The van der Waals surface area contributed by atoms with Gasteiger partial charge in [0.05, 0.1) is 5.69 Å². The summed E-state index contributed by atoms with van der Waals surface area (Å²) in [7, 11) is 0. The number of alkyl halides is 3. The van der Waals surface area contributed by atoms with Crippen LogP contribution in [-0.4, -0.2) is 21.5 Å². The molecule has 0 saturated heterocycles. The third kappa shape index (κ3) is 5.11. The van der Waals surface area contributed by atoms with E-state index in [1.807, 2.05) is 12.1 Å². The molecule has 4 rings (SSSR count). The number of hydrogen-bond donors (Lipinski definition) is 1. The van der Waals surface area contributed by atoms with Gasteiger partial charge in [-0.15, -0.1) is 13.2 Å². The van der Waals surface area contributed by atoms with Crippen LogP contribution in [0.1, 0.15) is 42.9 Å². The molecule has 0 unspecified atom stereocenters. The van der Waals surface area contributed by atoms with E-state index in [4.69, 9.17) is 4.74 Å². The highest BCUT2D eigenvalue weighted by atomic mass is 19.4. The molecule has 1 aliphatic carbocycles. The molecule has 1 saturated carbocycles. The van der Waals surface area contributed by atoms with E-state index < -0.39 is 6.36 Å². The summed E-state index contributed by atoms with van der Waals surface area (Å²) >= 11 is 0. The maximum atomic E-state index is 12.5. The van der Waals surface area contributed by atoms with Gasteiger partial charge in [-0.2, -0.15) is 5.10 Å². The molecule has 5 nitrogen and oxygen atoms in total. The molecule has 0 aliphatic heterocycles. The van der Waals surface area contributed by atoms with Crippen molar-refractivity contribution in [3.63, 3.8) is 0 Å². The van der Waals surface area contributed by atoms with Crippen molar-refractivity contribution < 1.29 is 22.6 Å². The fourth-order valence-electron chi connectivity index (χ4n) is 3.55. The predicted molar refractivity (Wildman–Crippen MR) is 105 cm³/mol. The van der Waals surface area contributed by atoms with Crippen LogP contribution in [0.15, 0.2) is 48.7 Å². The molecule has 1 fully saturated rings. The molecule has 8 heteroatoms. The van der Waals surface area contributed by atoms with Crippen molar-refractivity contribution >= 4 is 0 Å². The number of H-pyrrole nitrogens is 1. The van der Waals surface area contributed by atoms with Crippen LogP contribution in [0.3, 0.4) is 0 Å². The number of halogens is 3. The lowest BCUT2D eigenvalue weighted by Gasteiger charge is -2.20. The Morgan fingerprint density at radius 2 is 1.87 bits per heavy atom. The zero-order valence-electron chi connectivity index (χ0n) is 16.2. The van der Waals surface area contributed by atoms with Gasteiger partial charge in [-0.1, -0.05) is 18.2 Å². The number of rotatable bonds is 6. The quantitative estimate of drug-likeness (QED) is 0.551. The smallest absolute Gasteiger partial charge is 0.473 e. The van der Waals surface area contributed by atoms with Gasteiger partial charge >= 0.3 is 6.36 Å². The Labute approximate surface area is 172 Å². The van der Waals surface area contributed by atoms with Gasteiger partial charge in [0.25, 0.3) is 0 Å². The summed E-state index contributed by atoms with van der Waals surface area (Å²) in [6.07, 6.45) is 3.88. The summed E-state index contributed by atoms with van der Waals surface area (Å²) in [5.41, 5.74) is 2.87. The molecule has 1 aromatic carbocycles. The first-order valence-electron chi connectivity index (χ1n) is 9.78. The summed E-state index contributed by atoms with van der Waals surface area (Å²) in [5.74, 6) is 0.560. The van der Waals surface area contributed by atoms with Gasteiger partial charge in [0.15, 0.2) is 0 Å². The van der Waals surface area contributed by atoms with Gasteiger partial charge in [0, 0.05) is 35.0 Å². The Hall–Kier alpha value is -3.03. The highest BCUT2D eigenvalue weighted by molar-refractivity contribution is 5.59. The number of nitrogens with one attached hydrogen (secondary N) is 1. The maximum Gasteiger partial charge on any atom is 0.573 e. The fraction of sp³-hybridized carbons (Fsp3) is 0.318. The average Bonchev–Trinajstić information content (AvgIpc) is 3.22. The largest absolute Gasteiger partial charge is 0.573 e. The highest BCUT2D eigenvalue weighted by Gasteiger charge is 2.32. The lowest BCUT2D eigenvalue weighted by Crippen LogP contribution is -2.18. The van der Waals surface area contributed by atoms with Gasteiger partial charge in [0.2, 0.25) is 5.88 Å². The Kier molecular flexibility index (Phi) is 5.92. The normalized spacial score (nSPS) is 15.2. The SMILES string of the molecule is FC(F)(F)Oc1ccccc1COc1cc(-c2ccc(C3CC[CH]CC3)nc2)n[nH]1. The van der Waals surface area contributed by atoms with Crippen LogP contribution in [0, 0.1) is 6.42 Å². The molecule has 2 heterocycles. The molecule has 3 aromatic rings. The third-order valence-electron chi connectivity index (χ3n) is 5.07. The van der Waals surface area contributed by atoms with Crippen LogP contribution in [0.25, 0.3) is 11.3 Å². The van der Waals surface area contributed by atoms with E-state index in [0.717, 1.165) is 36.9 Å². The Morgan fingerprint density at radius 3 is 2.60 bits per heavy atom. The lowest BCUT2D eigenvalue weighted by atomic mass is 9.86.